The third kappa shape index (κ3) is 2.61. The third-order valence-corrected chi connectivity index (χ3v) is 2.72. The van der Waals surface area contributed by atoms with Gasteiger partial charge in [-0.2, -0.15) is 0 Å². The van der Waals surface area contributed by atoms with E-state index in [-0.39, 0.29) is 0 Å². The highest BCUT2D eigenvalue weighted by Crippen LogP contribution is 2.18. The number of benzene rings is 1. The molecule has 0 bridgehead atoms. The van der Waals surface area contributed by atoms with Gasteiger partial charge in [-0.3, -0.25) is 0 Å². The topological polar surface area (TPSA) is 31.6 Å². The van der Waals surface area contributed by atoms with Crippen LogP contribution in [0.1, 0.15) is 19.4 Å². The normalized spacial score (nSPS) is 10.9. The highest BCUT2D eigenvalue weighted by atomic mass is 32.1. The molecular weight excluding hydrogens is 216 g/mol. The Morgan fingerprint density at radius 2 is 1.88 bits per heavy atom. The van der Waals surface area contributed by atoms with Crippen molar-refractivity contribution >= 4 is 12.2 Å². The van der Waals surface area contributed by atoms with Gasteiger partial charge in [0.15, 0.2) is 4.77 Å². The van der Waals surface area contributed by atoms with Crippen LogP contribution in [0.2, 0.25) is 0 Å². The number of aromatic amines is 2. The molecular formula is C13H16N2S. The molecule has 0 unspecified atom stereocenters. The van der Waals surface area contributed by atoms with E-state index < -0.39 is 0 Å². The maximum atomic E-state index is 5.00. The van der Waals surface area contributed by atoms with Crippen LogP contribution in [0.3, 0.4) is 0 Å². The predicted molar refractivity (Wildman–Crippen MR) is 70.0 cm³/mol. The van der Waals surface area contributed by atoms with Crippen molar-refractivity contribution in [3.63, 3.8) is 0 Å². The van der Waals surface area contributed by atoms with Crippen LogP contribution in [0.4, 0.5) is 0 Å². The second-order valence-electron chi connectivity index (χ2n) is 4.45. The fourth-order valence-corrected chi connectivity index (χ4v) is 1.95. The van der Waals surface area contributed by atoms with E-state index in [1.165, 1.54) is 11.1 Å². The molecule has 0 saturated heterocycles. The molecule has 3 heteroatoms. The molecule has 2 N–H and O–H groups in total. The van der Waals surface area contributed by atoms with Crippen LogP contribution in [-0.2, 0) is 6.42 Å². The highest BCUT2D eigenvalue weighted by molar-refractivity contribution is 7.71. The molecule has 2 aromatic rings. The van der Waals surface area contributed by atoms with Crippen molar-refractivity contribution in [3.8, 4) is 11.3 Å². The molecule has 0 aliphatic carbocycles. The van der Waals surface area contributed by atoms with Gasteiger partial charge in [-0.25, -0.2) is 0 Å². The van der Waals surface area contributed by atoms with Crippen LogP contribution in [0.5, 0.6) is 0 Å². The van der Waals surface area contributed by atoms with E-state index in [2.05, 4.69) is 48.1 Å². The summed E-state index contributed by atoms with van der Waals surface area (Å²) in [7, 11) is 0. The third-order valence-electron chi connectivity index (χ3n) is 2.50. The van der Waals surface area contributed by atoms with Gasteiger partial charge >= 0.3 is 0 Å². The van der Waals surface area contributed by atoms with Gasteiger partial charge in [0.2, 0.25) is 0 Å². The Morgan fingerprint density at radius 3 is 2.38 bits per heavy atom. The Balaban J connectivity index is 2.22. The molecule has 84 valence electrons. The average Bonchev–Trinajstić information content (AvgIpc) is 2.65. The van der Waals surface area contributed by atoms with Gasteiger partial charge < -0.3 is 9.97 Å². The van der Waals surface area contributed by atoms with E-state index in [1.54, 1.807) is 0 Å². The zero-order valence-electron chi connectivity index (χ0n) is 9.58. The first-order valence-electron chi connectivity index (χ1n) is 5.52. The van der Waals surface area contributed by atoms with Gasteiger partial charge in [-0.1, -0.05) is 38.1 Å². The molecule has 0 radical (unpaired) electrons. The molecule has 0 aliphatic rings. The zero-order chi connectivity index (χ0) is 11.5. The minimum absolute atomic E-state index is 0.668. The summed E-state index contributed by atoms with van der Waals surface area (Å²) in [5, 5.41) is 0. The molecule has 1 aromatic heterocycles. The summed E-state index contributed by atoms with van der Waals surface area (Å²) in [4.78, 5) is 6.09. The molecule has 0 aliphatic heterocycles. The molecule has 0 spiro atoms. The van der Waals surface area contributed by atoms with Crippen molar-refractivity contribution in [1.29, 1.82) is 0 Å². The van der Waals surface area contributed by atoms with Gasteiger partial charge in [0.05, 0.1) is 5.69 Å². The van der Waals surface area contributed by atoms with Crippen LogP contribution >= 0.6 is 12.2 Å². The summed E-state index contributed by atoms with van der Waals surface area (Å²) < 4.78 is 0.668. The van der Waals surface area contributed by atoms with Crippen LogP contribution < -0.4 is 0 Å². The van der Waals surface area contributed by atoms with Gasteiger partial charge in [0.1, 0.15) is 0 Å². The maximum Gasteiger partial charge on any atom is 0.174 e. The SMILES string of the molecule is CC(C)Cc1ccc(-c2c[nH]c(=S)[nH]2)cc1. The number of hydrogen-bond acceptors (Lipinski definition) is 1. The van der Waals surface area contributed by atoms with E-state index in [0.717, 1.165) is 12.1 Å². The van der Waals surface area contributed by atoms with Crippen LogP contribution in [0.15, 0.2) is 30.5 Å². The molecule has 2 rings (SSSR count). The van der Waals surface area contributed by atoms with Gasteiger partial charge in [0.25, 0.3) is 0 Å². The lowest BCUT2D eigenvalue weighted by molar-refractivity contribution is 0.647. The number of aromatic nitrogens is 2. The van der Waals surface area contributed by atoms with Gasteiger partial charge in [-0.05, 0) is 35.7 Å². The monoisotopic (exact) mass is 232 g/mol. The van der Waals surface area contributed by atoms with Crippen molar-refractivity contribution < 1.29 is 0 Å². The van der Waals surface area contributed by atoms with Crippen molar-refractivity contribution in [2.24, 2.45) is 5.92 Å². The first-order chi connectivity index (χ1) is 7.65. The van der Waals surface area contributed by atoms with Crippen molar-refractivity contribution in [3.05, 3.63) is 40.8 Å². The lowest BCUT2D eigenvalue weighted by Crippen LogP contribution is -1.93. The van der Waals surface area contributed by atoms with Crippen LogP contribution in [0, 0.1) is 10.7 Å². The molecule has 0 atom stereocenters. The van der Waals surface area contributed by atoms with Crippen LogP contribution in [0.25, 0.3) is 11.3 Å². The Hall–Kier alpha value is -1.35. The number of rotatable bonds is 3. The summed E-state index contributed by atoms with van der Waals surface area (Å²) in [5.41, 5.74) is 3.59. The highest BCUT2D eigenvalue weighted by Gasteiger charge is 2.01. The van der Waals surface area contributed by atoms with Gasteiger partial charge in [0, 0.05) is 6.20 Å². The number of H-pyrrole nitrogens is 2. The molecule has 1 heterocycles. The number of hydrogen-bond donors (Lipinski definition) is 2. The van der Waals surface area contributed by atoms with Crippen molar-refractivity contribution in [2.75, 3.05) is 0 Å². The van der Waals surface area contributed by atoms with E-state index >= 15 is 0 Å². The molecule has 0 fully saturated rings. The molecule has 16 heavy (non-hydrogen) atoms. The Labute approximate surface area is 101 Å². The van der Waals surface area contributed by atoms with Crippen LogP contribution in [-0.4, -0.2) is 9.97 Å². The average molecular weight is 232 g/mol. The molecule has 2 nitrogen and oxygen atoms in total. The Kier molecular flexibility index (Phi) is 3.25. The molecule has 0 saturated carbocycles. The maximum absolute atomic E-state index is 5.00. The predicted octanol–water partition coefficient (Wildman–Crippen LogP) is 3.94. The summed E-state index contributed by atoms with van der Waals surface area (Å²) in [6, 6.07) is 8.62. The fraction of sp³-hybridized carbons (Fsp3) is 0.308. The second kappa shape index (κ2) is 4.66. The van der Waals surface area contributed by atoms with Crippen molar-refractivity contribution in [1.82, 2.24) is 9.97 Å². The van der Waals surface area contributed by atoms with E-state index in [4.69, 9.17) is 12.2 Å². The Morgan fingerprint density at radius 1 is 1.19 bits per heavy atom. The fourth-order valence-electron chi connectivity index (χ4n) is 1.78. The first kappa shape index (κ1) is 11.1. The summed E-state index contributed by atoms with van der Waals surface area (Å²) in [6.07, 6.45) is 3.03. The van der Waals surface area contributed by atoms with E-state index in [0.29, 0.717) is 10.7 Å². The number of imidazole rings is 1. The number of nitrogens with one attached hydrogen (secondary N) is 2. The summed E-state index contributed by atoms with van der Waals surface area (Å²) in [6.45, 7) is 4.47. The zero-order valence-corrected chi connectivity index (χ0v) is 10.4. The van der Waals surface area contributed by atoms with E-state index in [1.807, 2.05) is 6.20 Å². The quantitative estimate of drug-likeness (QED) is 0.772. The van der Waals surface area contributed by atoms with E-state index in [9.17, 15) is 0 Å². The molecule has 0 amide bonds. The smallest absolute Gasteiger partial charge is 0.174 e. The molecule has 1 aromatic carbocycles. The summed E-state index contributed by atoms with van der Waals surface area (Å²) >= 11 is 5.00. The second-order valence-corrected chi connectivity index (χ2v) is 4.86. The largest absolute Gasteiger partial charge is 0.337 e. The van der Waals surface area contributed by atoms with Gasteiger partial charge in [-0.15, -0.1) is 0 Å². The standard InChI is InChI=1S/C13H16N2S/c1-9(2)7-10-3-5-11(6-4-10)12-8-14-13(16)15-12/h3-6,8-9H,7H2,1-2H3,(H2,14,15,16). The van der Waals surface area contributed by atoms with Crippen molar-refractivity contribution in [2.45, 2.75) is 20.3 Å². The minimum Gasteiger partial charge on any atom is -0.337 e. The lowest BCUT2D eigenvalue weighted by Gasteiger charge is -2.05. The summed E-state index contributed by atoms with van der Waals surface area (Å²) in [5.74, 6) is 0.698. The minimum atomic E-state index is 0.668. The Bertz CT molecular complexity index is 505. The lowest BCUT2D eigenvalue weighted by atomic mass is 10.0. The first-order valence-corrected chi connectivity index (χ1v) is 5.93.